The number of pyridine rings is 1. The van der Waals surface area contributed by atoms with E-state index in [1.807, 2.05) is 13.0 Å². The van der Waals surface area contributed by atoms with Crippen molar-refractivity contribution >= 4 is 23.7 Å². The fourth-order valence-electron chi connectivity index (χ4n) is 2.82. The highest BCUT2D eigenvalue weighted by molar-refractivity contribution is 6.30. The minimum absolute atomic E-state index is 0.233. The Labute approximate surface area is 147 Å². The van der Waals surface area contributed by atoms with Crippen molar-refractivity contribution in [2.75, 3.05) is 20.2 Å². The second kappa shape index (κ2) is 6.97. The van der Waals surface area contributed by atoms with Crippen LogP contribution in [0, 0.1) is 12.8 Å². The lowest BCUT2D eigenvalue weighted by molar-refractivity contribution is -0.145. The van der Waals surface area contributed by atoms with Crippen molar-refractivity contribution in [3.05, 3.63) is 28.5 Å². The highest BCUT2D eigenvalue weighted by atomic mass is 35.5. The molecule has 1 aliphatic rings. The van der Waals surface area contributed by atoms with Gasteiger partial charge in [0.15, 0.2) is 0 Å². The molecule has 0 aromatic carbocycles. The Balaban J connectivity index is 2.30. The Kier molecular flexibility index (Phi) is 5.38. The van der Waals surface area contributed by atoms with Crippen LogP contribution in [-0.2, 0) is 14.3 Å². The number of nitrogens with zero attached hydrogens (tertiary/aromatic N) is 2. The zero-order chi connectivity index (χ0) is 18.1. The molecule has 2 atom stereocenters. The first-order chi connectivity index (χ1) is 11.1. The molecule has 1 saturated heterocycles. The molecule has 2 heterocycles. The number of amides is 1. The van der Waals surface area contributed by atoms with Crippen molar-refractivity contribution in [3.8, 4) is 0 Å². The smallest absolute Gasteiger partial charge is 0.410 e. The molecule has 0 spiro atoms. The summed E-state index contributed by atoms with van der Waals surface area (Å²) < 4.78 is 10.3. The van der Waals surface area contributed by atoms with Crippen molar-refractivity contribution in [1.29, 1.82) is 0 Å². The van der Waals surface area contributed by atoms with Crippen LogP contribution < -0.4 is 0 Å². The zero-order valence-electron chi connectivity index (χ0n) is 14.6. The molecular formula is C17H23ClN2O4. The second-order valence-electron chi connectivity index (χ2n) is 7.01. The number of likely N-dealkylation sites (tertiary alicyclic amines) is 1. The third kappa shape index (κ3) is 4.17. The quantitative estimate of drug-likeness (QED) is 0.602. The SMILES string of the molecule is COC(=O)[C@H]1CN(C(=O)OC(C)(C)C)C[C@@H]1c1cc(C)cnc1Cl. The van der Waals surface area contributed by atoms with Crippen LogP contribution in [0.5, 0.6) is 0 Å². The van der Waals surface area contributed by atoms with Crippen LogP contribution in [0.2, 0.25) is 5.15 Å². The molecule has 0 N–H and O–H groups in total. The third-order valence-corrected chi connectivity index (χ3v) is 4.19. The standard InChI is InChI=1S/C17H23ClN2O4/c1-10-6-11(14(18)19-7-10)12-8-20(9-13(12)15(21)23-5)16(22)24-17(2,3)4/h6-7,12-13H,8-9H2,1-5H3/t12-,13+/m1/s1. The van der Waals surface area contributed by atoms with Crippen molar-refractivity contribution in [2.24, 2.45) is 5.92 Å². The Morgan fingerprint density at radius 1 is 1.33 bits per heavy atom. The largest absolute Gasteiger partial charge is 0.469 e. The maximum atomic E-state index is 12.3. The minimum Gasteiger partial charge on any atom is -0.469 e. The molecule has 0 aliphatic carbocycles. The number of esters is 1. The van der Waals surface area contributed by atoms with Gasteiger partial charge < -0.3 is 14.4 Å². The summed E-state index contributed by atoms with van der Waals surface area (Å²) in [6.45, 7) is 7.88. The lowest BCUT2D eigenvalue weighted by atomic mass is 9.89. The molecule has 1 aliphatic heterocycles. The summed E-state index contributed by atoms with van der Waals surface area (Å²) in [4.78, 5) is 30.2. The van der Waals surface area contributed by atoms with E-state index in [2.05, 4.69) is 4.98 Å². The summed E-state index contributed by atoms with van der Waals surface area (Å²) in [5.74, 6) is -1.14. The maximum Gasteiger partial charge on any atom is 0.410 e. The molecule has 24 heavy (non-hydrogen) atoms. The first-order valence-corrected chi connectivity index (χ1v) is 8.18. The number of hydrogen-bond acceptors (Lipinski definition) is 5. The predicted octanol–water partition coefficient (Wildman–Crippen LogP) is 3.17. The summed E-state index contributed by atoms with van der Waals surface area (Å²) in [5.41, 5.74) is 1.09. The lowest BCUT2D eigenvalue weighted by Crippen LogP contribution is -2.36. The summed E-state index contributed by atoms with van der Waals surface area (Å²) in [5, 5.41) is 0.338. The first kappa shape index (κ1) is 18.5. The minimum atomic E-state index is -0.599. The lowest BCUT2D eigenvalue weighted by Gasteiger charge is -2.24. The van der Waals surface area contributed by atoms with Crippen LogP contribution in [-0.4, -0.2) is 47.7 Å². The number of hydrogen-bond donors (Lipinski definition) is 0. The summed E-state index contributed by atoms with van der Waals surface area (Å²) in [7, 11) is 1.34. The van der Waals surface area contributed by atoms with E-state index in [1.54, 1.807) is 27.0 Å². The van der Waals surface area contributed by atoms with E-state index in [0.29, 0.717) is 11.7 Å². The van der Waals surface area contributed by atoms with Crippen LogP contribution >= 0.6 is 11.6 Å². The first-order valence-electron chi connectivity index (χ1n) is 7.80. The highest BCUT2D eigenvalue weighted by Crippen LogP contribution is 2.37. The molecule has 1 aromatic rings. The van der Waals surface area contributed by atoms with Gasteiger partial charge in [-0.05, 0) is 38.8 Å². The van der Waals surface area contributed by atoms with Gasteiger partial charge in [0.2, 0.25) is 0 Å². The molecule has 0 unspecified atom stereocenters. The molecule has 0 bridgehead atoms. The average Bonchev–Trinajstić information content (AvgIpc) is 2.92. The van der Waals surface area contributed by atoms with E-state index in [-0.39, 0.29) is 18.4 Å². The second-order valence-corrected chi connectivity index (χ2v) is 7.37. The molecule has 7 heteroatoms. The normalized spacial score (nSPS) is 20.8. The molecular weight excluding hydrogens is 332 g/mol. The molecule has 1 fully saturated rings. The van der Waals surface area contributed by atoms with Crippen LogP contribution in [0.25, 0.3) is 0 Å². The Morgan fingerprint density at radius 2 is 2.00 bits per heavy atom. The number of carbonyl (C=O) groups is 2. The maximum absolute atomic E-state index is 12.3. The van der Waals surface area contributed by atoms with Crippen molar-refractivity contribution in [2.45, 2.75) is 39.2 Å². The van der Waals surface area contributed by atoms with E-state index in [4.69, 9.17) is 21.1 Å². The molecule has 6 nitrogen and oxygen atoms in total. The Hall–Kier alpha value is -1.82. The van der Waals surface area contributed by atoms with Crippen LogP contribution in [0.3, 0.4) is 0 Å². The predicted molar refractivity (Wildman–Crippen MR) is 90.0 cm³/mol. The zero-order valence-corrected chi connectivity index (χ0v) is 15.4. The number of methoxy groups -OCH3 is 1. The fourth-order valence-corrected chi connectivity index (χ4v) is 3.06. The molecule has 1 aromatic heterocycles. The number of carbonyl (C=O) groups excluding carboxylic acids is 2. The number of aromatic nitrogens is 1. The van der Waals surface area contributed by atoms with Crippen LogP contribution in [0.15, 0.2) is 12.3 Å². The van der Waals surface area contributed by atoms with E-state index in [0.717, 1.165) is 11.1 Å². The van der Waals surface area contributed by atoms with Gasteiger partial charge in [-0.2, -0.15) is 0 Å². The Morgan fingerprint density at radius 3 is 2.58 bits per heavy atom. The van der Waals surface area contributed by atoms with Crippen molar-refractivity contribution in [3.63, 3.8) is 0 Å². The van der Waals surface area contributed by atoms with Gasteiger partial charge in [-0.3, -0.25) is 4.79 Å². The van der Waals surface area contributed by atoms with E-state index in [9.17, 15) is 9.59 Å². The van der Waals surface area contributed by atoms with Crippen molar-refractivity contribution in [1.82, 2.24) is 9.88 Å². The average molecular weight is 355 g/mol. The van der Waals surface area contributed by atoms with Gasteiger partial charge in [0.1, 0.15) is 10.8 Å². The number of ether oxygens (including phenoxy) is 2. The summed E-state index contributed by atoms with van der Waals surface area (Å²) in [6, 6.07) is 1.90. The van der Waals surface area contributed by atoms with E-state index in [1.165, 1.54) is 12.0 Å². The van der Waals surface area contributed by atoms with E-state index < -0.39 is 17.6 Å². The Bertz CT molecular complexity index is 642. The van der Waals surface area contributed by atoms with Gasteiger partial charge >= 0.3 is 12.1 Å². The van der Waals surface area contributed by atoms with Crippen LogP contribution in [0.1, 0.15) is 37.8 Å². The summed E-state index contributed by atoms with van der Waals surface area (Å²) in [6.07, 6.45) is 1.22. The number of aryl methyl sites for hydroxylation is 1. The fraction of sp³-hybridized carbons (Fsp3) is 0.588. The number of halogens is 1. The molecule has 1 amide bonds. The van der Waals surface area contributed by atoms with Gasteiger partial charge in [-0.25, -0.2) is 9.78 Å². The monoisotopic (exact) mass is 354 g/mol. The van der Waals surface area contributed by atoms with Gasteiger partial charge in [-0.1, -0.05) is 17.7 Å². The van der Waals surface area contributed by atoms with Crippen LogP contribution in [0.4, 0.5) is 4.79 Å². The van der Waals surface area contributed by atoms with Gasteiger partial charge in [0.05, 0.1) is 13.0 Å². The van der Waals surface area contributed by atoms with E-state index >= 15 is 0 Å². The molecule has 132 valence electrons. The number of rotatable bonds is 2. The molecule has 0 saturated carbocycles. The third-order valence-electron chi connectivity index (χ3n) is 3.88. The summed E-state index contributed by atoms with van der Waals surface area (Å²) >= 11 is 6.23. The highest BCUT2D eigenvalue weighted by Gasteiger charge is 2.43. The van der Waals surface area contributed by atoms with Gasteiger partial charge in [0.25, 0.3) is 0 Å². The molecule has 0 radical (unpaired) electrons. The van der Waals surface area contributed by atoms with Crippen molar-refractivity contribution < 1.29 is 19.1 Å². The topological polar surface area (TPSA) is 68.7 Å². The molecule has 2 rings (SSSR count). The van der Waals surface area contributed by atoms with Gasteiger partial charge in [0, 0.05) is 25.2 Å². The van der Waals surface area contributed by atoms with Gasteiger partial charge in [-0.15, -0.1) is 0 Å².